The smallest absolute Gasteiger partial charge is 0.352 e. The van der Waals surface area contributed by atoms with Gasteiger partial charge in [0.1, 0.15) is 5.58 Å². The average Bonchev–Trinajstić information content (AvgIpc) is 2.53. The van der Waals surface area contributed by atoms with E-state index in [1.165, 1.54) is 6.92 Å². The number of hydrazine groups is 1. The standard InChI is InChI=1S/C16H20N4O3/c1-4-20(5-2)12-7-6-11-8-13(15(17)19-18-10(3)21)16(22)23-14(11)9-12/h6-9H,4-5H2,1-3H3,(H2,17,19)(H,18,21)/p+1. The summed E-state index contributed by atoms with van der Waals surface area (Å²) in [7, 11) is 0. The average molecular weight is 317 g/mol. The van der Waals surface area contributed by atoms with Gasteiger partial charge >= 0.3 is 11.5 Å². The van der Waals surface area contributed by atoms with Crippen molar-refractivity contribution in [3.63, 3.8) is 0 Å². The van der Waals surface area contributed by atoms with Gasteiger partial charge in [-0.05, 0) is 32.0 Å². The molecule has 4 N–H and O–H groups in total. The summed E-state index contributed by atoms with van der Waals surface area (Å²) in [6.07, 6.45) is 0. The summed E-state index contributed by atoms with van der Waals surface area (Å²) >= 11 is 0. The Morgan fingerprint density at radius 2 is 2.00 bits per heavy atom. The number of benzene rings is 1. The van der Waals surface area contributed by atoms with Crippen molar-refractivity contribution in [2.75, 3.05) is 18.0 Å². The van der Waals surface area contributed by atoms with Gasteiger partial charge in [-0.1, -0.05) is 0 Å². The largest absolute Gasteiger partial charge is 0.422 e. The van der Waals surface area contributed by atoms with Crippen LogP contribution in [0.3, 0.4) is 0 Å². The molecule has 0 atom stereocenters. The summed E-state index contributed by atoms with van der Waals surface area (Å²) in [5.41, 5.74) is 9.19. The number of hydrogen-bond donors (Lipinski definition) is 3. The number of carbonyl (C=O) groups excluding carboxylic acids is 1. The Labute approximate surface area is 133 Å². The Bertz CT molecular complexity index is 807. The van der Waals surface area contributed by atoms with Crippen LogP contribution < -0.4 is 26.8 Å². The highest BCUT2D eigenvalue weighted by Crippen LogP contribution is 2.21. The second kappa shape index (κ2) is 6.95. The zero-order valence-electron chi connectivity index (χ0n) is 13.5. The van der Waals surface area contributed by atoms with Crippen LogP contribution in [0.15, 0.2) is 33.5 Å². The summed E-state index contributed by atoms with van der Waals surface area (Å²) in [6, 6.07) is 7.32. The molecule has 0 radical (unpaired) electrons. The van der Waals surface area contributed by atoms with Gasteiger partial charge in [0.15, 0.2) is 5.56 Å². The molecule has 1 heterocycles. The van der Waals surface area contributed by atoms with E-state index >= 15 is 0 Å². The van der Waals surface area contributed by atoms with Crippen molar-refractivity contribution < 1.29 is 14.3 Å². The van der Waals surface area contributed by atoms with Gasteiger partial charge in [0.2, 0.25) is 0 Å². The summed E-state index contributed by atoms with van der Waals surface area (Å²) < 4.78 is 5.36. The lowest BCUT2D eigenvalue weighted by molar-refractivity contribution is -0.511. The quantitative estimate of drug-likeness (QED) is 0.298. The maximum atomic E-state index is 12.1. The highest BCUT2D eigenvalue weighted by Gasteiger charge is 2.14. The van der Waals surface area contributed by atoms with Gasteiger partial charge in [-0.3, -0.25) is 10.5 Å². The van der Waals surface area contributed by atoms with Gasteiger partial charge in [-0.15, -0.1) is 0 Å². The van der Waals surface area contributed by atoms with Gasteiger partial charge in [-0.25, -0.2) is 4.79 Å². The molecule has 23 heavy (non-hydrogen) atoms. The van der Waals surface area contributed by atoms with Crippen LogP contribution in [0, 0.1) is 0 Å². The lowest BCUT2D eigenvalue weighted by Crippen LogP contribution is -2.86. The molecular formula is C16H21N4O3+. The first-order chi connectivity index (χ1) is 11.0. The first-order valence-corrected chi connectivity index (χ1v) is 7.44. The van der Waals surface area contributed by atoms with E-state index in [-0.39, 0.29) is 17.3 Å². The van der Waals surface area contributed by atoms with Crippen molar-refractivity contribution >= 4 is 28.4 Å². The number of anilines is 1. The van der Waals surface area contributed by atoms with Gasteiger partial charge in [0.25, 0.3) is 5.91 Å². The van der Waals surface area contributed by atoms with Gasteiger partial charge < -0.3 is 9.32 Å². The van der Waals surface area contributed by atoms with Crippen LogP contribution in [-0.2, 0) is 4.79 Å². The third-order valence-electron chi connectivity index (χ3n) is 3.51. The molecule has 2 rings (SSSR count). The molecule has 0 saturated heterocycles. The maximum Gasteiger partial charge on any atom is 0.352 e. The van der Waals surface area contributed by atoms with E-state index in [9.17, 15) is 9.59 Å². The van der Waals surface area contributed by atoms with Crippen LogP contribution in [0.1, 0.15) is 26.3 Å². The maximum absolute atomic E-state index is 12.1. The fourth-order valence-corrected chi connectivity index (χ4v) is 2.30. The number of nitrogen functional groups attached to an aromatic ring is 1. The minimum atomic E-state index is -0.565. The van der Waals surface area contributed by atoms with E-state index in [2.05, 4.69) is 29.3 Å². The molecule has 0 aliphatic rings. The Balaban J connectivity index is 2.47. The van der Waals surface area contributed by atoms with Crippen molar-refractivity contribution in [3.05, 3.63) is 40.2 Å². The lowest BCUT2D eigenvalue weighted by atomic mass is 10.1. The van der Waals surface area contributed by atoms with Crippen LogP contribution in [0.5, 0.6) is 0 Å². The molecule has 1 amide bonds. The minimum absolute atomic E-state index is 0.0312. The van der Waals surface area contributed by atoms with Gasteiger partial charge in [0.05, 0.1) is 0 Å². The molecular weight excluding hydrogens is 296 g/mol. The molecule has 0 fully saturated rings. The Morgan fingerprint density at radius 3 is 2.61 bits per heavy atom. The summed E-state index contributed by atoms with van der Waals surface area (Å²) in [4.78, 5) is 25.2. The number of fused-ring (bicyclic) bond motifs is 1. The molecule has 7 heteroatoms. The van der Waals surface area contributed by atoms with E-state index in [1.807, 2.05) is 18.2 Å². The molecule has 0 aliphatic carbocycles. The van der Waals surface area contributed by atoms with Crippen LogP contribution in [-0.4, -0.2) is 24.8 Å². The van der Waals surface area contributed by atoms with E-state index < -0.39 is 5.63 Å². The van der Waals surface area contributed by atoms with Crippen LogP contribution in [0.25, 0.3) is 11.0 Å². The zero-order valence-corrected chi connectivity index (χ0v) is 13.5. The van der Waals surface area contributed by atoms with Crippen molar-refractivity contribution in [1.29, 1.82) is 0 Å². The fraction of sp³-hybridized carbons (Fsp3) is 0.312. The predicted molar refractivity (Wildman–Crippen MR) is 89.1 cm³/mol. The first kappa shape index (κ1) is 16.5. The number of rotatable bonds is 5. The Kier molecular flexibility index (Phi) is 5.00. The number of amides is 1. The normalized spacial score (nSPS) is 11.5. The van der Waals surface area contributed by atoms with Gasteiger partial charge in [0, 0.05) is 37.2 Å². The van der Waals surface area contributed by atoms with Crippen LogP contribution in [0.4, 0.5) is 5.69 Å². The Hall–Kier alpha value is -2.83. The summed E-state index contributed by atoms with van der Waals surface area (Å²) in [5, 5.41) is 3.23. The molecule has 0 bridgehead atoms. The highest BCUT2D eigenvalue weighted by atomic mass is 16.4. The lowest BCUT2D eigenvalue weighted by Gasteiger charge is -2.20. The third kappa shape index (κ3) is 3.68. The summed E-state index contributed by atoms with van der Waals surface area (Å²) in [6.45, 7) is 7.20. The van der Waals surface area contributed by atoms with Crippen LogP contribution in [0.2, 0.25) is 0 Å². The predicted octanol–water partition coefficient (Wildman–Crippen LogP) is -0.524. The van der Waals surface area contributed by atoms with Crippen molar-refractivity contribution in [2.24, 2.45) is 5.73 Å². The number of carbonyl (C=O) groups is 1. The summed E-state index contributed by atoms with van der Waals surface area (Å²) in [5.74, 6) is -0.286. The van der Waals surface area contributed by atoms with Crippen molar-refractivity contribution in [1.82, 2.24) is 5.43 Å². The van der Waals surface area contributed by atoms with E-state index in [0.717, 1.165) is 24.2 Å². The fourth-order valence-electron chi connectivity index (χ4n) is 2.30. The van der Waals surface area contributed by atoms with E-state index in [0.29, 0.717) is 5.58 Å². The van der Waals surface area contributed by atoms with Gasteiger partial charge in [-0.2, -0.15) is 10.5 Å². The number of amidine groups is 1. The number of hydrogen-bond acceptors (Lipinski definition) is 4. The second-order valence-corrected chi connectivity index (χ2v) is 5.06. The molecule has 122 valence electrons. The molecule has 1 aromatic carbocycles. The second-order valence-electron chi connectivity index (χ2n) is 5.06. The Morgan fingerprint density at radius 1 is 1.30 bits per heavy atom. The molecule has 0 saturated carbocycles. The topological polar surface area (TPSA) is 103 Å². The zero-order chi connectivity index (χ0) is 17.0. The number of hydrazone groups is 1. The SMILES string of the molecule is CCN(CC)c1ccc2cc(C(N)=[NH+]NC(C)=O)c(=O)oc2c1. The first-order valence-electron chi connectivity index (χ1n) is 7.44. The third-order valence-corrected chi connectivity index (χ3v) is 3.51. The van der Waals surface area contributed by atoms with E-state index in [4.69, 9.17) is 10.2 Å². The molecule has 0 aliphatic heterocycles. The number of nitrogens with two attached hydrogens (primary N) is 1. The monoisotopic (exact) mass is 317 g/mol. The highest BCUT2D eigenvalue weighted by molar-refractivity contribution is 5.96. The van der Waals surface area contributed by atoms with Crippen molar-refractivity contribution in [2.45, 2.75) is 20.8 Å². The van der Waals surface area contributed by atoms with E-state index in [1.54, 1.807) is 6.07 Å². The van der Waals surface area contributed by atoms with Crippen LogP contribution >= 0.6 is 0 Å². The van der Waals surface area contributed by atoms with Crippen molar-refractivity contribution in [3.8, 4) is 0 Å². The molecule has 0 unspecified atom stereocenters. The minimum Gasteiger partial charge on any atom is -0.422 e. The molecule has 1 aromatic heterocycles. The molecule has 7 nitrogen and oxygen atoms in total. The number of nitrogens with one attached hydrogen (secondary N) is 2. The molecule has 0 spiro atoms. The molecule has 2 aromatic rings. The number of nitrogens with zero attached hydrogens (tertiary/aromatic N) is 1.